The lowest BCUT2D eigenvalue weighted by Gasteiger charge is -2.28. The van der Waals surface area contributed by atoms with E-state index >= 15 is 0 Å². The van der Waals surface area contributed by atoms with Gasteiger partial charge in [-0.15, -0.1) is 0 Å². The molecule has 7 nitrogen and oxygen atoms in total. The van der Waals surface area contributed by atoms with Gasteiger partial charge in [0.25, 0.3) is 0 Å². The van der Waals surface area contributed by atoms with E-state index in [1.165, 1.54) is 29.3 Å². The number of ether oxygens (including phenoxy) is 1. The number of nitrogens with one attached hydrogen (secondary N) is 3. The van der Waals surface area contributed by atoms with Gasteiger partial charge in [-0.3, -0.25) is 4.79 Å². The number of carbonyl (C=O) groups is 1. The topological polar surface area (TPSA) is 96.5 Å². The molecule has 0 saturated heterocycles. The Hall–Kier alpha value is -2.46. The number of carbonyl (C=O) groups excluding carboxylic acids is 1. The van der Waals surface area contributed by atoms with Crippen molar-refractivity contribution in [2.45, 2.75) is 49.2 Å². The number of rotatable bonds is 12. The largest absolute Gasteiger partial charge is 0.383 e. The molecule has 39 heavy (non-hydrogen) atoms. The predicted octanol–water partition coefficient (Wildman–Crippen LogP) is 5.33. The molecule has 0 spiro atoms. The Morgan fingerprint density at radius 1 is 1.05 bits per heavy atom. The molecule has 0 aromatic heterocycles. The first-order valence-corrected chi connectivity index (χ1v) is 15.1. The molecule has 2 atom stereocenters. The van der Waals surface area contributed by atoms with Crippen molar-refractivity contribution in [2.24, 2.45) is 0 Å². The second kappa shape index (κ2) is 13.7. The molecule has 1 amide bonds. The summed E-state index contributed by atoms with van der Waals surface area (Å²) in [6, 6.07) is 18.7. The van der Waals surface area contributed by atoms with E-state index in [9.17, 15) is 13.2 Å². The number of halogens is 2. The number of hydrogen-bond donors (Lipinski definition) is 3. The van der Waals surface area contributed by atoms with Gasteiger partial charge in [0.2, 0.25) is 15.9 Å². The molecule has 0 fully saturated rings. The lowest BCUT2D eigenvalue weighted by molar-refractivity contribution is -0.122. The van der Waals surface area contributed by atoms with E-state index in [4.69, 9.17) is 27.9 Å². The van der Waals surface area contributed by atoms with Crippen LogP contribution >= 0.6 is 23.2 Å². The average molecular weight is 591 g/mol. The molecule has 0 bridgehead atoms. The highest BCUT2D eigenvalue weighted by atomic mass is 35.5. The summed E-state index contributed by atoms with van der Waals surface area (Å²) in [5, 5.41) is 6.91. The minimum absolute atomic E-state index is 0.0213. The van der Waals surface area contributed by atoms with Crippen LogP contribution in [-0.4, -0.2) is 34.6 Å². The van der Waals surface area contributed by atoms with Gasteiger partial charge in [-0.05, 0) is 59.7 Å². The molecule has 0 aliphatic heterocycles. The van der Waals surface area contributed by atoms with Gasteiger partial charge in [-0.2, -0.15) is 0 Å². The minimum atomic E-state index is -3.98. The van der Waals surface area contributed by atoms with E-state index in [-0.39, 0.29) is 33.3 Å². The van der Waals surface area contributed by atoms with E-state index in [2.05, 4.69) is 33.6 Å². The fraction of sp³-hybridized carbons (Fsp3) is 0.345. The molecule has 3 aromatic rings. The second-order valence-electron chi connectivity index (χ2n) is 9.58. The Bertz CT molecular complexity index is 1390. The Kier molecular flexibility index (Phi) is 10.4. The zero-order chi connectivity index (χ0) is 27.8. The summed E-state index contributed by atoms with van der Waals surface area (Å²) in [4.78, 5) is 13.3. The molecule has 1 aliphatic carbocycles. The first kappa shape index (κ1) is 29.5. The zero-order valence-electron chi connectivity index (χ0n) is 21.8. The van der Waals surface area contributed by atoms with E-state index in [1.54, 1.807) is 19.2 Å². The van der Waals surface area contributed by atoms with Crippen LogP contribution in [0.2, 0.25) is 10.0 Å². The van der Waals surface area contributed by atoms with E-state index in [0.717, 1.165) is 37.9 Å². The Labute approximate surface area is 240 Å². The maximum atomic E-state index is 13.3. The monoisotopic (exact) mass is 589 g/mol. The highest BCUT2D eigenvalue weighted by molar-refractivity contribution is 7.89. The summed E-state index contributed by atoms with van der Waals surface area (Å²) >= 11 is 12.0. The molecule has 0 unspecified atom stereocenters. The van der Waals surface area contributed by atoms with Crippen molar-refractivity contribution in [3.63, 3.8) is 0 Å². The van der Waals surface area contributed by atoms with E-state index < -0.39 is 16.1 Å². The third-order valence-electron chi connectivity index (χ3n) is 6.76. The molecule has 10 heteroatoms. The lowest BCUT2D eigenvalue weighted by atomic mass is 9.86. The van der Waals surface area contributed by atoms with Crippen molar-refractivity contribution in [2.75, 3.05) is 20.3 Å². The van der Waals surface area contributed by atoms with Gasteiger partial charge in [-0.25, -0.2) is 13.1 Å². The van der Waals surface area contributed by atoms with Crippen LogP contribution in [0.25, 0.3) is 0 Å². The van der Waals surface area contributed by atoms with Gasteiger partial charge in [-0.1, -0.05) is 71.7 Å². The highest BCUT2D eigenvalue weighted by Crippen LogP contribution is 2.31. The summed E-state index contributed by atoms with van der Waals surface area (Å²) in [6.07, 6.45) is 2.70. The fourth-order valence-electron chi connectivity index (χ4n) is 4.79. The van der Waals surface area contributed by atoms with Crippen molar-refractivity contribution in [1.29, 1.82) is 0 Å². The normalized spacial score (nSPS) is 15.9. The van der Waals surface area contributed by atoms with Crippen molar-refractivity contribution < 1.29 is 17.9 Å². The molecular weight excluding hydrogens is 557 g/mol. The Balaban J connectivity index is 1.47. The first-order chi connectivity index (χ1) is 18.8. The molecule has 1 aliphatic rings. The van der Waals surface area contributed by atoms with Crippen LogP contribution < -0.4 is 15.4 Å². The van der Waals surface area contributed by atoms with Gasteiger partial charge in [0, 0.05) is 26.6 Å². The second-order valence-corrected chi connectivity index (χ2v) is 12.1. The number of benzene rings is 3. The van der Waals surface area contributed by atoms with Crippen LogP contribution in [0.3, 0.4) is 0 Å². The maximum Gasteiger partial charge on any atom is 0.241 e. The van der Waals surface area contributed by atoms with Crippen LogP contribution in [0.5, 0.6) is 0 Å². The predicted molar refractivity (Wildman–Crippen MR) is 154 cm³/mol. The third kappa shape index (κ3) is 8.03. The molecule has 3 aromatic carbocycles. The molecular formula is C29H33Cl2N3O4S. The smallest absolute Gasteiger partial charge is 0.241 e. The highest BCUT2D eigenvalue weighted by Gasteiger charge is 2.27. The van der Waals surface area contributed by atoms with Gasteiger partial charge in [0.15, 0.2) is 0 Å². The minimum Gasteiger partial charge on any atom is -0.383 e. The van der Waals surface area contributed by atoms with Crippen LogP contribution in [0.1, 0.15) is 53.6 Å². The van der Waals surface area contributed by atoms with Gasteiger partial charge in [0.1, 0.15) is 0 Å². The number of methoxy groups -OCH3 is 1. The van der Waals surface area contributed by atoms with E-state index in [1.807, 2.05) is 18.2 Å². The average Bonchev–Trinajstić information content (AvgIpc) is 2.92. The van der Waals surface area contributed by atoms with Crippen molar-refractivity contribution in [3.8, 4) is 0 Å². The maximum absolute atomic E-state index is 13.3. The standard InChI is InChI=1S/C29H33Cl2N3O4S/c1-38-15-14-32-19-20-10-12-24-22(16-20)8-5-9-27(24)33-29(35)18-28(21-6-3-2-4-7-21)34-39(36,37)23-11-13-25(30)26(31)17-23/h2-4,6-7,10-13,16-17,27-28,32,34H,5,8-9,14-15,18-19H2,1H3,(H,33,35)/t27-,28+/m0/s1. The lowest BCUT2D eigenvalue weighted by Crippen LogP contribution is -2.36. The zero-order valence-corrected chi connectivity index (χ0v) is 24.1. The summed E-state index contributed by atoms with van der Waals surface area (Å²) in [5.74, 6) is -0.233. The Morgan fingerprint density at radius 2 is 1.85 bits per heavy atom. The van der Waals surface area contributed by atoms with Crippen LogP contribution in [0.4, 0.5) is 0 Å². The third-order valence-corrected chi connectivity index (χ3v) is 8.97. The number of aryl methyl sites for hydroxylation is 1. The Morgan fingerprint density at radius 3 is 2.59 bits per heavy atom. The van der Waals surface area contributed by atoms with Crippen LogP contribution in [0.15, 0.2) is 71.6 Å². The summed E-state index contributed by atoms with van der Waals surface area (Å²) in [7, 11) is -2.30. The summed E-state index contributed by atoms with van der Waals surface area (Å²) in [6.45, 7) is 2.20. The van der Waals surface area contributed by atoms with Crippen molar-refractivity contribution >= 4 is 39.1 Å². The fourth-order valence-corrected chi connectivity index (χ4v) is 6.40. The van der Waals surface area contributed by atoms with Crippen molar-refractivity contribution in [1.82, 2.24) is 15.4 Å². The van der Waals surface area contributed by atoms with Crippen molar-refractivity contribution in [3.05, 3.63) is 99.0 Å². The van der Waals surface area contributed by atoms with Crippen LogP contribution in [-0.2, 0) is 32.5 Å². The number of sulfonamides is 1. The van der Waals surface area contributed by atoms with Gasteiger partial charge < -0.3 is 15.4 Å². The molecule has 0 heterocycles. The molecule has 0 saturated carbocycles. The molecule has 4 rings (SSSR count). The van der Waals surface area contributed by atoms with E-state index in [0.29, 0.717) is 12.2 Å². The number of fused-ring (bicyclic) bond motifs is 1. The molecule has 0 radical (unpaired) electrons. The molecule has 3 N–H and O–H groups in total. The van der Waals surface area contributed by atoms with Gasteiger partial charge >= 0.3 is 0 Å². The summed E-state index contributed by atoms with van der Waals surface area (Å²) in [5.41, 5.74) is 4.23. The number of amides is 1. The number of hydrogen-bond acceptors (Lipinski definition) is 5. The SMILES string of the molecule is COCCNCc1ccc2c(c1)CCC[C@@H]2NC(=O)C[C@@H](NS(=O)(=O)c1ccc(Cl)c(Cl)c1)c1ccccc1. The quantitative estimate of drug-likeness (QED) is 0.248. The van der Waals surface area contributed by atoms with Gasteiger partial charge in [0.05, 0.1) is 33.6 Å². The van der Waals surface area contributed by atoms with Crippen LogP contribution in [0, 0.1) is 0 Å². The molecule has 208 valence electrons. The summed E-state index contributed by atoms with van der Waals surface area (Å²) < 4.78 is 34.2. The first-order valence-electron chi connectivity index (χ1n) is 12.9.